The number of furan rings is 1. The van der Waals surface area contributed by atoms with Crippen molar-refractivity contribution in [2.24, 2.45) is 0 Å². The highest BCUT2D eigenvalue weighted by Gasteiger charge is 2.08. The molecule has 0 spiro atoms. The molecule has 1 aromatic rings. The van der Waals surface area contributed by atoms with E-state index in [0.717, 1.165) is 6.42 Å². The summed E-state index contributed by atoms with van der Waals surface area (Å²) >= 11 is 0. The Morgan fingerprint density at radius 2 is 2.44 bits per heavy atom. The van der Waals surface area contributed by atoms with Crippen LogP contribution >= 0.6 is 0 Å². The molecule has 1 aromatic heterocycles. The van der Waals surface area contributed by atoms with E-state index < -0.39 is 5.97 Å². The summed E-state index contributed by atoms with van der Waals surface area (Å²) in [6.07, 6.45) is 2.15. The Hall–Kier alpha value is -1.33. The van der Waals surface area contributed by atoms with Crippen molar-refractivity contribution >= 4 is 5.97 Å². The Bertz CT molecular complexity index is 334. The average molecular weight is 227 g/mol. The summed E-state index contributed by atoms with van der Waals surface area (Å²) in [5.41, 5.74) is 0.182. The Morgan fingerprint density at radius 3 is 3.00 bits per heavy atom. The summed E-state index contributed by atoms with van der Waals surface area (Å²) in [4.78, 5) is 10.6. The second kappa shape index (κ2) is 6.30. The minimum atomic E-state index is -0.970. The highest BCUT2D eigenvalue weighted by Crippen LogP contribution is 2.07. The summed E-state index contributed by atoms with van der Waals surface area (Å²) in [5.74, 6) is -0.343. The highest BCUT2D eigenvalue weighted by atomic mass is 16.5. The van der Waals surface area contributed by atoms with Gasteiger partial charge in [-0.05, 0) is 19.4 Å². The molecule has 5 heteroatoms. The quantitative estimate of drug-likeness (QED) is 0.738. The Labute approximate surface area is 94.4 Å². The van der Waals surface area contributed by atoms with Gasteiger partial charge in [-0.3, -0.25) is 0 Å². The van der Waals surface area contributed by atoms with Crippen LogP contribution in [-0.2, 0) is 11.3 Å². The second-order valence-corrected chi connectivity index (χ2v) is 3.67. The topological polar surface area (TPSA) is 71.7 Å². The number of carboxylic acid groups (broad SMARTS) is 1. The van der Waals surface area contributed by atoms with Crippen molar-refractivity contribution in [2.45, 2.75) is 25.9 Å². The number of rotatable bonds is 7. The summed E-state index contributed by atoms with van der Waals surface area (Å²) in [6, 6.07) is 1.83. The van der Waals surface area contributed by atoms with Crippen LogP contribution in [0.3, 0.4) is 0 Å². The largest absolute Gasteiger partial charge is 0.478 e. The number of carbonyl (C=O) groups is 1. The molecule has 0 saturated carbocycles. The van der Waals surface area contributed by atoms with E-state index in [0.29, 0.717) is 25.0 Å². The van der Waals surface area contributed by atoms with Gasteiger partial charge in [0.15, 0.2) is 0 Å². The van der Waals surface area contributed by atoms with Gasteiger partial charge in [0, 0.05) is 19.8 Å². The third-order valence-electron chi connectivity index (χ3n) is 2.28. The number of nitrogens with one attached hydrogen (secondary N) is 1. The fourth-order valence-corrected chi connectivity index (χ4v) is 1.26. The number of hydrogen-bond donors (Lipinski definition) is 2. The van der Waals surface area contributed by atoms with Gasteiger partial charge < -0.3 is 19.6 Å². The van der Waals surface area contributed by atoms with E-state index in [9.17, 15) is 4.79 Å². The minimum Gasteiger partial charge on any atom is -0.478 e. The van der Waals surface area contributed by atoms with Gasteiger partial charge in [-0.15, -0.1) is 0 Å². The SMILES string of the molecule is COCCC(C)NCc1cc(C(=O)O)co1. The lowest BCUT2D eigenvalue weighted by atomic mass is 10.2. The molecular formula is C11H17NO4. The molecule has 0 aliphatic carbocycles. The monoisotopic (exact) mass is 227 g/mol. The van der Waals surface area contributed by atoms with Crippen LogP contribution in [-0.4, -0.2) is 30.8 Å². The van der Waals surface area contributed by atoms with Crippen molar-refractivity contribution < 1.29 is 19.1 Å². The fraction of sp³-hybridized carbons (Fsp3) is 0.545. The predicted octanol–water partition coefficient (Wildman–Crippen LogP) is 1.49. The minimum absolute atomic E-state index is 0.182. The van der Waals surface area contributed by atoms with E-state index in [1.165, 1.54) is 12.3 Å². The molecule has 2 N–H and O–H groups in total. The van der Waals surface area contributed by atoms with Crippen molar-refractivity contribution in [2.75, 3.05) is 13.7 Å². The first kappa shape index (κ1) is 12.7. The zero-order chi connectivity index (χ0) is 12.0. The van der Waals surface area contributed by atoms with Crippen LogP contribution < -0.4 is 5.32 Å². The van der Waals surface area contributed by atoms with Crippen molar-refractivity contribution in [3.8, 4) is 0 Å². The van der Waals surface area contributed by atoms with Gasteiger partial charge in [-0.2, -0.15) is 0 Å². The normalized spacial score (nSPS) is 12.6. The number of hydrogen-bond acceptors (Lipinski definition) is 4. The molecule has 90 valence electrons. The lowest BCUT2D eigenvalue weighted by Crippen LogP contribution is -2.26. The van der Waals surface area contributed by atoms with Crippen LogP contribution in [0.2, 0.25) is 0 Å². The Morgan fingerprint density at radius 1 is 1.69 bits per heavy atom. The van der Waals surface area contributed by atoms with Gasteiger partial charge in [0.05, 0.1) is 12.1 Å². The lowest BCUT2D eigenvalue weighted by molar-refractivity contribution is 0.0696. The molecule has 0 aliphatic rings. The van der Waals surface area contributed by atoms with Gasteiger partial charge >= 0.3 is 5.97 Å². The maximum absolute atomic E-state index is 10.6. The van der Waals surface area contributed by atoms with Crippen LogP contribution in [0.15, 0.2) is 16.7 Å². The maximum Gasteiger partial charge on any atom is 0.338 e. The van der Waals surface area contributed by atoms with E-state index in [1.54, 1.807) is 7.11 Å². The lowest BCUT2D eigenvalue weighted by Gasteiger charge is -2.11. The number of methoxy groups -OCH3 is 1. The van der Waals surface area contributed by atoms with E-state index in [1.807, 2.05) is 6.92 Å². The highest BCUT2D eigenvalue weighted by molar-refractivity contribution is 5.87. The first-order valence-electron chi connectivity index (χ1n) is 5.16. The van der Waals surface area contributed by atoms with Crippen molar-refractivity contribution in [3.63, 3.8) is 0 Å². The molecule has 1 heterocycles. The molecule has 0 fully saturated rings. The van der Waals surface area contributed by atoms with E-state index >= 15 is 0 Å². The molecule has 1 atom stereocenters. The number of aromatic carboxylic acids is 1. The van der Waals surface area contributed by atoms with Gasteiger partial charge in [0.2, 0.25) is 0 Å². The van der Waals surface area contributed by atoms with Crippen molar-refractivity contribution in [1.29, 1.82) is 0 Å². The van der Waals surface area contributed by atoms with E-state index in [2.05, 4.69) is 5.32 Å². The zero-order valence-corrected chi connectivity index (χ0v) is 9.53. The fourth-order valence-electron chi connectivity index (χ4n) is 1.26. The predicted molar refractivity (Wildman–Crippen MR) is 58.5 cm³/mol. The first-order chi connectivity index (χ1) is 7.63. The van der Waals surface area contributed by atoms with Crippen molar-refractivity contribution in [3.05, 3.63) is 23.7 Å². The van der Waals surface area contributed by atoms with Crippen LogP contribution in [0, 0.1) is 0 Å². The smallest absolute Gasteiger partial charge is 0.338 e. The average Bonchev–Trinajstić information content (AvgIpc) is 2.72. The summed E-state index contributed by atoms with van der Waals surface area (Å²) in [6.45, 7) is 3.27. The molecule has 5 nitrogen and oxygen atoms in total. The van der Waals surface area contributed by atoms with Gasteiger partial charge in [0.25, 0.3) is 0 Å². The summed E-state index contributed by atoms with van der Waals surface area (Å²) in [7, 11) is 1.67. The molecule has 1 unspecified atom stereocenters. The molecule has 16 heavy (non-hydrogen) atoms. The van der Waals surface area contributed by atoms with Crippen LogP contribution in [0.1, 0.15) is 29.5 Å². The molecular weight excluding hydrogens is 210 g/mol. The maximum atomic E-state index is 10.6. The summed E-state index contributed by atoms with van der Waals surface area (Å²) < 4.78 is 10.1. The van der Waals surface area contributed by atoms with Crippen LogP contribution in [0.5, 0.6) is 0 Å². The molecule has 0 aliphatic heterocycles. The second-order valence-electron chi connectivity index (χ2n) is 3.67. The molecule has 1 rings (SSSR count). The molecule has 0 saturated heterocycles. The zero-order valence-electron chi connectivity index (χ0n) is 9.53. The number of ether oxygens (including phenoxy) is 1. The Balaban J connectivity index is 2.33. The molecule has 0 radical (unpaired) electrons. The number of carboxylic acids is 1. The Kier molecular flexibility index (Phi) is 5.01. The van der Waals surface area contributed by atoms with Gasteiger partial charge in [0.1, 0.15) is 12.0 Å². The third-order valence-corrected chi connectivity index (χ3v) is 2.28. The first-order valence-corrected chi connectivity index (χ1v) is 5.16. The van der Waals surface area contributed by atoms with Gasteiger partial charge in [-0.1, -0.05) is 0 Å². The molecule has 0 aromatic carbocycles. The molecule has 0 amide bonds. The molecule has 0 bridgehead atoms. The van der Waals surface area contributed by atoms with E-state index in [4.69, 9.17) is 14.3 Å². The third kappa shape index (κ3) is 4.04. The summed E-state index contributed by atoms with van der Waals surface area (Å²) in [5, 5.41) is 11.9. The van der Waals surface area contributed by atoms with Gasteiger partial charge in [-0.25, -0.2) is 4.79 Å². The van der Waals surface area contributed by atoms with Crippen LogP contribution in [0.25, 0.3) is 0 Å². The van der Waals surface area contributed by atoms with Crippen LogP contribution in [0.4, 0.5) is 0 Å². The van der Waals surface area contributed by atoms with Crippen molar-refractivity contribution in [1.82, 2.24) is 5.32 Å². The standard InChI is InChI=1S/C11H17NO4/c1-8(3-4-15-2)12-6-10-5-9(7-16-10)11(13)14/h5,7-8,12H,3-4,6H2,1-2H3,(H,13,14). The van der Waals surface area contributed by atoms with E-state index in [-0.39, 0.29) is 5.56 Å².